The molecular formula is C18H22FNO3. The van der Waals surface area contributed by atoms with Crippen molar-refractivity contribution in [3.8, 4) is 11.5 Å². The summed E-state index contributed by atoms with van der Waals surface area (Å²) >= 11 is 0. The number of benzene rings is 2. The third kappa shape index (κ3) is 4.21. The summed E-state index contributed by atoms with van der Waals surface area (Å²) in [5, 5.41) is 13.4. The summed E-state index contributed by atoms with van der Waals surface area (Å²) in [7, 11) is 3.09. The fourth-order valence-electron chi connectivity index (χ4n) is 2.47. The first kappa shape index (κ1) is 17.2. The molecule has 23 heavy (non-hydrogen) atoms. The molecular weight excluding hydrogens is 297 g/mol. The predicted octanol–water partition coefficient (Wildman–Crippen LogP) is 3.23. The highest BCUT2D eigenvalue weighted by Crippen LogP contribution is 2.28. The molecule has 0 radical (unpaired) electrons. The predicted molar refractivity (Wildman–Crippen MR) is 87.3 cm³/mol. The van der Waals surface area contributed by atoms with Crippen LogP contribution in [0.15, 0.2) is 42.5 Å². The van der Waals surface area contributed by atoms with Crippen molar-refractivity contribution in [2.24, 2.45) is 0 Å². The number of halogens is 1. The molecule has 0 aliphatic heterocycles. The van der Waals surface area contributed by atoms with Gasteiger partial charge in [-0.1, -0.05) is 18.2 Å². The molecule has 2 unspecified atom stereocenters. The third-order valence-corrected chi connectivity index (χ3v) is 3.76. The van der Waals surface area contributed by atoms with E-state index in [4.69, 9.17) is 9.47 Å². The fraction of sp³-hybridized carbons (Fsp3) is 0.333. The van der Waals surface area contributed by atoms with Crippen molar-refractivity contribution in [3.63, 3.8) is 0 Å². The summed E-state index contributed by atoms with van der Waals surface area (Å²) in [4.78, 5) is 0. The van der Waals surface area contributed by atoms with Crippen molar-refractivity contribution >= 4 is 0 Å². The van der Waals surface area contributed by atoms with E-state index in [1.807, 2.05) is 25.1 Å². The van der Waals surface area contributed by atoms with Gasteiger partial charge in [0.05, 0.1) is 20.3 Å². The van der Waals surface area contributed by atoms with Crippen LogP contribution < -0.4 is 14.8 Å². The SMILES string of the molecule is COc1cccc(C(O)CNC(C)c2c(F)cccc2OC)c1. The van der Waals surface area contributed by atoms with Gasteiger partial charge in [-0.25, -0.2) is 4.39 Å². The van der Waals surface area contributed by atoms with Crippen molar-refractivity contribution in [1.29, 1.82) is 0 Å². The van der Waals surface area contributed by atoms with Crippen LogP contribution in [0.2, 0.25) is 0 Å². The molecule has 0 aliphatic rings. The second kappa shape index (κ2) is 7.94. The van der Waals surface area contributed by atoms with Gasteiger partial charge in [-0.05, 0) is 36.8 Å². The Morgan fingerprint density at radius 1 is 1.13 bits per heavy atom. The average molecular weight is 319 g/mol. The molecule has 0 aromatic heterocycles. The molecule has 0 fully saturated rings. The maximum Gasteiger partial charge on any atom is 0.131 e. The van der Waals surface area contributed by atoms with Gasteiger partial charge in [0.25, 0.3) is 0 Å². The Balaban J connectivity index is 2.05. The number of aliphatic hydroxyl groups is 1. The van der Waals surface area contributed by atoms with Gasteiger partial charge in [0.2, 0.25) is 0 Å². The Morgan fingerprint density at radius 3 is 2.57 bits per heavy atom. The standard InChI is InChI=1S/C18H22FNO3/c1-12(18-15(19)8-5-9-17(18)23-3)20-11-16(21)13-6-4-7-14(10-13)22-2/h4-10,12,16,20-21H,11H2,1-3H3. The van der Waals surface area contributed by atoms with Gasteiger partial charge in [-0.15, -0.1) is 0 Å². The van der Waals surface area contributed by atoms with E-state index in [0.29, 0.717) is 17.1 Å². The molecule has 4 nitrogen and oxygen atoms in total. The summed E-state index contributed by atoms with van der Waals surface area (Å²) < 4.78 is 24.4. The summed E-state index contributed by atoms with van der Waals surface area (Å²) in [5.74, 6) is 0.839. The molecule has 2 rings (SSSR count). The van der Waals surface area contributed by atoms with Crippen molar-refractivity contribution in [2.45, 2.75) is 19.1 Å². The van der Waals surface area contributed by atoms with Crippen LogP contribution in [0.5, 0.6) is 11.5 Å². The lowest BCUT2D eigenvalue weighted by Crippen LogP contribution is -2.25. The monoisotopic (exact) mass is 319 g/mol. The summed E-state index contributed by atoms with van der Waals surface area (Å²) in [5.41, 5.74) is 1.19. The lowest BCUT2D eigenvalue weighted by atomic mass is 10.0. The molecule has 0 bridgehead atoms. The molecule has 0 aliphatic carbocycles. The number of aliphatic hydroxyl groups excluding tert-OH is 1. The molecule has 0 saturated carbocycles. The van der Waals surface area contributed by atoms with Gasteiger partial charge in [0.1, 0.15) is 17.3 Å². The van der Waals surface area contributed by atoms with Crippen LogP contribution in [0, 0.1) is 5.82 Å². The minimum atomic E-state index is -0.717. The minimum Gasteiger partial charge on any atom is -0.497 e. The normalized spacial score (nSPS) is 13.4. The molecule has 0 spiro atoms. The van der Waals surface area contributed by atoms with E-state index in [1.54, 1.807) is 25.3 Å². The van der Waals surface area contributed by atoms with E-state index in [-0.39, 0.29) is 18.4 Å². The highest BCUT2D eigenvalue weighted by Gasteiger charge is 2.17. The molecule has 2 atom stereocenters. The smallest absolute Gasteiger partial charge is 0.131 e. The van der Waals surface area contributed by atoms with Gasteiger partial charge in [0, 0.05) is 18.2 Å². The molecule has 2 aromatic rings. The summed E-state index contributed by atoms with van der Waals surface area (Å²) in [6, 6.07) is 11.7. The van der Waals surface area contributed by atoms with Gasteiger partial charge < -0.3 is 19.9 Å². The number of rotatable bonds is 7. The Bertz CT molecular complexity index is 648. The van der Waals surface area contributed by atoms with Crippen LogP contribution in [0.25, 0.3) is 0 Å². The first-order chi connectivity index (χ1) is 11.1. The maximum absolute atomic E-state index is 14.0. The molecule has 2 aromatic carbocycles. The van der Waals surface area contributed by atoms with Crippen molar-refractivity contribution in [2.75, 3.05) is 20.8 Å². The summed E-state index contributed by atoms with van der Waals surface area (Å²) in [6.07, 6.45) is -0.717. The Kier molecular flexibility index (Phi) is 5.96. The number of nitrogens with one attached hydrogen (secondary N) is 1. The van der Waals surface area contributed by atoms with Crippen LogP contribution in [0.4, 0.5) is 4.39 Å². The number of methoxy groups -OCH3 is 2. The van der Waals surface area contributed by atoms with Crippen molar-refractivity contribution in [3.05, 3.63) is 59.4 Å². The fourth-order valence-corrected chi connectivity index (χ4v) is 2.47. The number of hydrogen-bond acceptors (Lipinski definition) is 4. The van der Waals surface area contributed by atoms with Crippen LogP contribution in [-0.4, -0.2) is 25.9 Å². The van der Waals surface area contributed by atoms with Crippen LogP contribution >= 0.6 is 0 Å². The molecule has 0 saturated heterocycles. The second-order valence-corrected chi connectivity index (χ2v) is 5.28. The van der Waals surface area contributed by atoms with Crippen LogP contribution in [0.3, 0.4) is 0 Å². The Morgan fingerprint density at radius 2 is 1.87 bits per heavy atom. The molecule has 2 N–H and O–H groups in total. The molecule has 0 heterocycles. The van der Waals surface area contributed by atoms with Gasteiger partial charge in [-0.2, -0.15) is 0 Å². The highest BCUT2D eigenvalue weighted by atomic mass is 19.1. The van der Waals surface area contributed by atoms with Gasteiger partial charge in [0.15, 0.2) is 0 Å². The Hall–Kier alpha value is -2.11. The zero-order valence-corrected chi connectivity index (χ0v) is 13.5. The zero-order valence-electron chi connectivity index (χ0n) is 13.5. The second-order valence-electron chi connectivity index (χ2n) is 5.28. The maximum atomic E-state index is 14.0. The minimum absolute atomic E-state index is 0.284. The van der Waals surface area contributed by atoms with Crippen LogP contribution in [-0.2, 0) is 0 Å². The zero-order chi connectivity index (χ0) is 16.8. The first-order valence-corrected chi connectivity index (χ1v) is 7.44. The van der Waals surface area contributed by atoms with E-state index < -0.39 is 6.10 Å². The number of hydrogen-bond donors (Lipinski definition) is 2. The van der Waals surface area contributed by atoms with E-state index in [2.05, 4.69) is 5.32 Å². The summed E-state index contributed by atoms with van der Waals surface area (Å²) in [6.45, 7) is 2.12. The van der Waals surface area contributed by atoms with Crippen molar-refractivity contribution < 1.29 is 19.0 Å². The quantitative estimate of drug-likeness (QED) is 0.823. The molecule has 5 heteroatoms. The highest BCUT2D eigenvalue weighted by molar-refractivity contribution is 5.37. The molecule has 0 amide bonds. The van der Waals surface area contributed by atoms with E-state index in [9.17, 15) is 9.50 Å². The van der Waals surface area contributed by atoms with Gasteiger partial charge >= 0.3 is 0 Å². The average Bonchev–Trinajstić information content (AvgIpc) is 2.59. The van der Waals surface area contributed by atoms with Crippen LogP contribution in [0.1, 0.15) is 30.2 Å². The Labute approximate surface area is 135 Å². The van der Waals surface area contributed by atoms with Gasteiger partial charge in [-0.3, -0.25) is 0 Å². The topological polar surface area (TPSA) is 50.7 Å². The largest absolute Gasteiger partial charge is 0.497 e. The molecule has 124 valence electrons. The lowest BCUT2D eigenvalue weighted by Gasteiger charge is -2.20. The van der Waals surface area contributed by atoms with E-state index in [0.717, 1.165) is 5.56 Å². The first-order valence-electron chi connectivity index (χ1n) is 7.44. The number of ether oxygens (including phenoxy) is 2. The van der Waals surface area contributed by atoms with Crippen molar-refractivity contribution in [1.82, 2.24) is 5.32 Å². The van der Waals surface area contributed by atoms with E-state index in [1.165, 1.54) is 13.2 Å². The third-order valence-electron chi connectivity index (χ3n) is 3.76. The lowest BCUT2D eigenvalue weighted by molar-refractivity contribution is 0.170. The van der Waals surface area contributed by atoms with E-state index >= 15 is 0 Å².